The first-order valence-electron chi connectivity index (χ1n) is 6.04. The number of halogens is 2. The largest absolute Gasteiger partial charge is 0.376 e. The molecule has 1 aromatic heterocycles. The maximum Gasteiger partial charge on any atom is 0.152 e. The summed E-state index contributed by atoms with van der Waals surface area (Å²) in [4.78, 5) is 4.78. The SMILES string of the molecule is Fc1cccc2c1SCCC2Nc1cccnc1Cl. The van der Waals surface area contributed by atoms with Gasteiger partial charge in [-0.3, -0.25) is 0 Å². The lowest BCUT2D eigenvalue weighted by Gasteiger charge is -2.27. The Balaban J connectivity index is 1.92. The summed E-state index contributed by atoms with van der Waals surface area (Å²) >= 11 is 7.62. The number of hydrogen-bond acceptors (Lipinski definition) is 3. The molecule has 5 heteroatoms. The van der Waals surface area contributed by atoms with Crippen LogP contribution in [0, 0.1) is 5.82 Å². The monoisotopic (exact) mass is 294 g/mol. The fourth-order valence-electron chi connectivity index (χ4n) is 2.22. The van der Waals surface area contributed by atoms with Crippen LogP contribution in [-0.2, 0) is 0 Å². The third-order valence-corrected chi connectivity index (χ3v) is 4.58. The standard InChI is InChI=1S/C14H12ClFN2S/c15-14-12(5-2-7-17-14)18-11-6-8-19-13-9(11)3-1-4-10(13)16/h1-5,7,11,18H,6,8H2. The van der Waals surface area contributed by atoms with Crippen molar-refractivity contribution in [2.45, 2.75) is 17.4 Å². The first-order chi connectivity index (χ1) is 9.25. The highest BCUT2D eigenvalue weighted by molar-refractivity contribution is 7.99. The Morgan fingerprint density at radius 3 is 3.05 bits per heavy atom. The molecule has 19 heavy (non-hydrogen) atoms. The molecule has 1 atom stereocenters. The number of pyridine rings is 1. The van der Waals surface area contributed by atoms with Crippen LogP contribution in [0.2, 0.25) is 5.15 Å². The van der Waals surface area contributed by atoms with Crippen molar-refractivity contribution in [1.29, 1.82) is 0 Å². The lowest BCUT2D eigenvalue weighted by atomic mass is 10.0. The number of nitrogens with zero attached hydrogens (tertiary/aromatic N) is 1. The minimum atomic E-state index is -0.147. The van der Waals surface area contributed by atoms with Crippen LogP contribution in [0.15, 0.2) is 41.4 Å². The van der Waals surface area contributed by atoms with Gasteiger partial charge < -0.3 is 5.32 Å². The summed E-state index contributed by atoms with van der Waals surface area (Å²) in [6.07, 6.45) is 2.59. The van der Waals surface area contributed by atoms with E-state index in [1.165, 1.54) is 6.07 Å². The van der Waals surface area contributed by atoms with Gasteiger partial charge in [0.2, 0.25) is 0 Å². The number of fused-ring (bicyclic) bond motifs is 1. The van der Waals surface area contributed by atoms with Crippen LogP contribution in [0.5, 0.6) is 0 Å². The van der Waals surface area contributed by atoms with Crippen molar-refractivity contribution in [3.63, 3.8) is 0 Å². The van der Waals surface area contributed by atoms with Gasteiger partial charge in [-0.2, -0.15) is 0 Å². The van der Waals surface area contributed by atoms with Gasteiger partial charge in [-0.05, 0) is 30.2 Å². The van der Waals surface area contributed by atoms with Crippen molar-refractivity contribution in [3.8, 4) is 0 Å². The van der Waals surface area contributed by atoms with Crippen molar-refractivity contribution >= 4 is 29.1 Å². The van der Waals surface area contributed by atoms with Gasteiger partial charge >= 0.3 is 0 Å². The Morgan fingerprint density at radius 1 is 1.32 bits per heavy atom. The van der Waals surface area contributed by atoms with E-state index in [2.05, 4.69) is 10.3 Å². The van der Waals surface area contributed by atoms with E-state index in [9.17, 15) is 4.39 Å². The van der Waals surface area contributed by atoms with Crippen molar-refractivity contribution < 1.29 is 4.39 Å². The lowest BCUT2D eigenvalue weighted by molar-refractivity contribution is 0.585. The van der Waals surface area contributed by atoms with Gasteiger partial charge in [0.1, 0.15) is 5.82 Å². The highest BCUT2D eigenvalue weighted by atomic mass is 35.5. The van der Waals surface area contributed by atoms with Crippen LogP contribution < -0.4 is 5.32 Å². The van der Waals surface area contributed by atoms with Crippen molar-refractivity contribution in [3.05, 3.63) is 53.1 Å². The van der Waals surface area contributed by atoms with Crippen LogP contribution >= 0.6 is 23.4 Å². The highest BCUT2D eigenvalue weighted by Crippen LogP contribution is 2.39. The molecule has 98 valence electrons. The maximum atomic E-state index is 13.8. The first-order valence-corrected chi connectivity index (χ1v) is 7.40. The van der Waals surface area contributed by atoms with Gasteiger partial charge in [-0.1, -0.05) is 23.7 Å². The second-order valence-corrected chi connectivity index (χ2v) is 5.80. The quantitative estimate of drug-likeness (QED) is 0.824. The van der Waals surface area contributed by atoms with Gasteiger partial charge in [0.05, 0.1) is 11.7 Å². The van der Waals surface area contributed by atoms with Crippen LogP contribution in [0.4, 0.5) is 10.1 Å². The van der Waals surface area contributed by atoms with Gasteiger partial charge in [-0.15, -0.1) is 11.8 Å². The predicted octanol–water partition coefficient (Wildman–Crippen LogP) is 4.52. The molecule has 1 aliphatic heterocycles. The topological polar surface area (TPSA) is 24.9 Å². The van der Waals surface area contributed by atoms with Crippen LogP contribution in [0.1, 0.15) is 18.0 Å². The van der Waals surface area contributed by atoms with E-state index >= 15 is 0 Å². The summed E-state index contributed by atoms with van der Waals surface area (Å²) in [6, 6.07) is 9.01. The molecule has 1 aromatic carbocycles. The Hall–Kier alpha value is -1.26. The summed E-state index contributed by atoms with van der Waals surface area (Å²) in [7, 11) is 0. The number of nitrogens with one attached hydrogen (secondary N) is 1. The minimum absolute atomic E-state index is 0.0775. The zero-order chi connectivity index (χ0) is 13.2. The van der Waals surface area contributed by atoms with E-state index in [0.717, 1.165) is 28.3 Å². The molecule has 2 nitrogen and oxygen atoms in total. The average Bonchev–Trinajstić information content (AvgIpc) is 2.42. The molecule has 0 amide bonds. The number of rotatable bonds is 2. The predicted molar refractivity (Wildman–Crippen MR) is 77.4 cm³/mol. The zero-order valence-electron chi connectivity index (χ0n) is 10.1. The minimum Gasteiger partial charge on any atom is -0.376 e. The molecule has 2 heterocycles. The third-order valence-electron chi connectivity index (χ3n) is 3.11. The smallest absolute Gasteiger partial charge is 0.152 e. The molecule has 0 radical (unpaired) electrons. The van der Waals surface area contributed by atoms with E-state index < -0.39 is 0 Å². The number of hydrogen-bond donors (Lipinski definition) is 1. The summed E-state index contributed by atoms with van der Waals surface area (Å²) in [5, 5.41) is 3.80. The van der Waals surface area contributed by atoms with Crippen LogP contribution in [0.25, 0.3) is 0 Å². The highest BCUT2D eigenvalue weighted by Gasteiger charge is 2.23. The average molecular weight is 295 g/mol. The molecule has 1 unspecified atom stereocenters. The second-order valence-electron chi connectivity index (χ2n) is 4.33. The Kier molecular flexibility index (Phi) is 3.62. The summed E-state index contributed by atoms with van der Waals surface area (Å²) in [5.74, 6) is 0.745. The number of aromatic nitrogens is 1. The number of anilines is 1. The Bertz CT molecular complexity index is 606. The van der Waals surface area contributed by atoms with E-state index in [4.69, 9.17) is 11.6 Å². The molecule has 3 rings (SSSR count). The van der Waals surface area contributed by atoms with Crippen molar-refractivity contribution in [1.82, 2.24) is 4.98 Å². The van der Waals surface area contributed by atoms with Gasteiger partial charge in [0, 0.05) is 16.8 Å². The van der Waals surface area contributed by atoms with E-state index in [0.29, 0.717) is 5.15 Å². The van der Waals surface area contributed by atoms with E-state index in [-0.39, 0.29) is 11.9 Å². The van der Waals surface area contributed by atoms with E-state index in [1.54, 1.807) is 24.0 Å². The van der Waals surface area contributed by atoms with Crippen LogP contribution in [0.3, 0.4) is 0 Å². The molecule has 0 aliphatic carbocycles. The van der Waals surface area contributed by atoms with Crippen molar-refractivity contribution in [2.24, 2.45) is 0 Å². The molecule has 1 aliphatic rings. The molecule has 0 saturated carbocycles. The van der Waals surface area contributed by atoms with Crippen LogP contribution in [-0.4, -0.2) is 10.7 Å². The molecule has 0 fully saturated rings. The Morgan fingerprint density at radius 2 is 2.21 bits per heavy atom. The van der Waals surface area contributed by atoms with Crippen molar-refractivity contribution in [2.75, 3.05) is 11.1 Å². The number of thioether (sulfide) groups is 1. The summed E-state index contributed by atoms with van der Waals surface area (Å²) < 4.78 is 13.8. The third kappa shape index (κ3) is 2.55. The molecule has 0 saturated heterocycles. The maximum absolute atomic E-state index is 13.8. The second kappa shape index (κ2) is 5.39. The lowest BCUT2D eigenvalue weighted by Crippen LogP contribution is -2.17. The van der Waals surface area contributed by atoms with Gasteiger partial charge in [0.25, 0.3) is 0 Å². The summed E-state index contributed by atoms with van der Waals surface area (Å²) in [6.45, 7) is 0. The van der Waals surface area contributed by atoms with E-state index in [1.807, 2.05) is 18.2 Å². The fourth-order valence-corrected chi connectivity index (χ4v) is 3.53. The summed E-state index contributed by atoms with van der Waals surface area (Å²) in [5.41, 5.74) is 1.78. The molecule has 0 spiro atoms. The number of benzene rings is 1. The first kappa shape index (κ1) is 12.8. The molecule has 1 N–H and O–H groups in total. The molecule has 2 aromatic rings. The molecular formula is C14H12ClFN2S. The zero-order valence-corrected chi connectivity index (χ0v) is 11.6. The molecule has 0 bridgehead atoms. The van der Waals surface area contributed by atoms with Gasteiger partial charge in [0.15, 0.2) is 5.15 Å². The Labute approximate surface area is 120 Å². The normalized spacial score (nSPS) is 17.9. The fraction of sp³-hybridized carbons (Fsp3) is 0.214. The van der Waals surface area contributed by atoms with Gasteiger partial charge in [-0.25, -0.2) is 9.37 Å². The molecular weight excluding hydrogens is 283 g/mol.